The van der Waals surface area contributed by atoms with Crippen molar-refractivity contribution in [2.45, 2.75) is 17.9 Å². The van der Waals surface area contributed by atoms with Gasteiger partial charge < -0.3 is 10.1 Å². The van der Waals surface area contributed by atoms with Crippen molar-refractivity contribution in [1.82, 2.24) is 9.62 Å². The van der Waals surface area contributed by atoms with Crippen LogP contribution in [-0.2, 0) is 19.6 Å². The molecule has 116 valence electrons. The average Bonchev–Trinajstić information content (AvgIpc) is 2.46. The van der Waals surface area contributed by atoms with Crippen molar-refractivity contribution >= 4 is 21.9 Å². The second kappa shape index (κ2) is 6.68. The molecule has 1 amide bonds. The molecule has 1 atom stereocenters. The van der Waals surface area contributed by atoms with Crippen LogP contribution in [0.5, 0.6) is 0 Å². The van der Waals surface area contributed by atoms with Crippen LogP contribution in [0.2, 0.25) is 0 Å². The Hall–Kier alpha value is -1.93. The summed E-state index contributed by atoms with van der Waals surface area (Å²) in [5.74, 6) is -1.04. The van der Waals surface area contributed by atoms with Gasteiger partial charge in [0.15, 0.2) is 0 Å². The Morgan fingerprint density at radius 3 is 2.14 bits per heavy atom. The van der Waals surface area contributed by atoms with Crippen LogP contribution in [-0.4, -0.2) is 51.8 Å². The summed E-state index contributed by atoms with van der Waals surface area (Å²) in [5.41, 5.74) is 0.253. The average molecular weight is 314 g/mol. The van der Waals surface area contributed by atoms with Gasteiger partial charge in [-0.3, -0.25) is 4.79 Å². The molecule has 0 saturated carbocycles. The Balaban J connectivity index is 2.88. The fourth-order valence-electron chi connectivity index (χ4n) is 1.50. The molecule has 21 heavy (non-hydrogen) atoms. The van der Waals surface area contributed by atoms with E-state index in [2.05, 4.69) is 10.1 Å². The second-order valence-electron chi connectivity index (χ2n) is 4.53. The fraction of sp³-hybridized carbons (Fsp3) is 0.385. The molecule has 1 aromatic rings. The summed E-state index contributed by atoms with van der Waals surface area (Å²) < 4.78 is 29.4. The lowest BCUT2D eigenvalue weighted by atomic mass is 10.2. The van der Waals surface area contributed by atoms with Gasteiger partial charge in [-0.2, -0.15) is 0 Å². The van der Waals surface area contributed by atoms with E-state index in [1.807, 2.05) is 0 Å². The van der Waals surface area contributed by atoms with Gasteiger partial charge in [0.05, 0.1) is 12.0 Å². The lowest BCUT2D eigenvalue weighted by molar-refractivity contribution is -0.142. The first-order valence-electron chi connectivity index (χ1n) is 6.11. The van der Waals surface area contributed by atoms with Gasteiger partial charge in [-0.15, -0.1) is 0 Å². The molecule has 1 rings (SSSR count). The zero-order chi connectivity index (χ0) is 16.2. The van der Waals surface area contributed by atoms with Crippen LogP contribution in [0.15, 0.2) is 29.2 Å². The van der Waals surface area contributed by atoms with Crippen molar-refractivity contribution in [3.05, 3.63) is 29.8 Å². The van der Waals surface area contributed by atoms with E-state index in [9.17, 15) is 18.0 Å². The molecular formula is C13H18N2O5S. The molecule has 0 radical (unpaired) electrons. The summed E-state index contributed by atoms with van der Waals surface area (Å²) in [6.45, 7) is 1.49. The summed E-state index contributed by atoms with van der Waals surface area (Å²) in [5, 5.41) is 2.45. The number of sulfonamides is 1. The number of nitrogens with zero attached hydrogens (tertiary/aromatic N) is 1. The zero-order valence-electron chi connectivity index (χ0n) is 12.3. The molecule has 0 aliphatic carbocycles. The van der Waals surface area contributed by atoms with Gasteiger partial charge in [-0.05, 0) is 31.2 Å². The van der Waals surface area contributed by atoms with Gasteiger partial charge in [0, 0.05) is 19.7 Å². The molecule has 7 nitrogen and oxygen atoms in total. The first kappa shape index (κ1) is 17.1. The summed E-state index contributed by atoms with van der Waals surface area (Å²) in [7, 11) is 0.545. The van der Waals surface area contributed by atoms with Crippen LogP contribution < -0.4 is 5.32 Å². The normalized spacial score (nSPS) is 12.8. The van der Waals surface area contributed by atoms with Crippen molar-refractivity contribution in [3.63, 3.8) is 0 Å². The minimum absolute atomic E-state index is 0.0880. The van der Waals surface area contributed by atoms with Crippen molar-refractivity contribution in [3.8, 4) is 0 Å². The van der Waals surface area contributed by atoms with E-state index in [1.54, 1.807) is 0 Å². The molecule has 1 aromatic carbocycles. The minimum atomic E-state index is -3.53. The monoisotopic (exact) mass is 314 g/mol. The maximum absolute atomic E-state index is 11.9. The number of esters is 1. The summed E-state index contributed by atoms with van der Waals surface area (Å²) >= 11 is 0. The highest BCUT2D eigenvalue weighted by Crippen LogP contribution is 2.14. The van der Waals surface area contributed by atoms with Crippen LogP contribution in [0, 0.1) is 0 Å². The van der Waals surface area contributed by atoms with E-state index in [0.717, 1.165) is 4.31 Å². The highest BCUT2D eigenvalue weighted by atomic mass is 32.2. The number of benzene rings is 1. The smallest absolute Gasteiger partial charge is 0.328 e. The molecule has 8 heteroatoms. The van der Waals surface area contributed by atoms with Gasteiger partial charge in [-0.25, -0.2) is 17.5 Å². The number of methoxy groups -OCH3 is 1. The maximum atomic E-state index is 11.9. The number of carbonyl (C=O) groups is 2. The van der Waals surface area contributed by atoms with Crippen molar-refractivity contribution in [2.75, 3.05) is 21.2 Å². The van der Waals surface area contributed by atoms with Crippen molar-refractivity contribution in [2.24, 2.45) is 0 Å². The predicted molar refractivity (Wildman–Crippen MR) is 76.3 cm³/mol. The van der Waals surface area contributed by atoms with Gasteiger partial charge in [-0.1, -0.05) is 0 Å². The fourth-order valence-corrected chi connectivity index (χ4v) is 2.41. The third-order valence-electron chi connectivity index (χ3n) is 2.80. The Morgan fingerprint density at radius 1 is 1.19 bits per heavy atom. The number of hydrogen-bond acceptors (Lipinski definition) is 5. The van der Waals surface area contributed by atoms with E-state index in [1.165, 1.54) is 52.4 Å². The third-order valence-corrected chi connectivity index (χ3v) is 4.63. The lowest BCUT2D eigenvalue weighted by Gasteiger charge is -2.13. The van der Waals surface area contributed by atoms with Crippen molar-refractivity contribution in [1.29, 1.82) is 0 Å². The molecule has 0 unspecified atom stereocenters. The van der Waals surface area contributed by atoms with Gasteiger partial charge in [0.2, 0.25) is 10.0 Å². The summed E-state index contributed by atoms with van der Waals surface area (Å²) in [4.78, 5) is 23.2. The van der Waals surface area contributed by atoms with E-state index in [4.69, 9.17) is 0 Å². The molecule has 0 fully saturated rings. The first-order chi connectivity index (χ1) is 9.70. The Kier molecular flexibility index (Phi) is 5.45. The predicted octanol–water partition coefficient (Wildman–Crippen LogP) is 0.228. The van der Waals surface area contributed by atoms with E-state index < -0.39 is 27.9 Å². The topological polar surface area (TPSA) is 92.8 Å². The van der Waals surface area contributed by atoms with Gasteiger partial charge >= 0.3 is 5.97 Å². The zero-order valence-corrected chi connectivity index (χ0v) is 13.1. The number of rotatable bonds is 5. The Bertz CT molecular complexity index is 622. The van der Waals surface area contributed by atoms with E-state index in [0.29, 0.717) is 0 Å². The molecule has 0 aliphatic heterocycles. The van der Waals surface area contributed by atoms with Gasteiger partial charge in [0.1, 0.15) is 6.04 Å². The van der Waals surface area contributed by atoms with E-state index in [-0.39, 0.29) is 10.5 Å². The molecule has 1 N–H and O–H groups in total. The second-order valence-corrected chi connectivity index (χ2v) is 6.68. The number of hydrogen-bond donors (Lipinski definition) is 1. The lowest BCUT2D eigenvalue weighted by Crippen LogP contribution is -2.39. The molecule has 0 heterocycles. The quantitative estimate of drug-likeness (QED) is 0.785. The molecule has 0 aliphatic rings. The minimum Gasteiger partial charge on any atom is -0.467 e. The molecule has 0 spiro atoms. The Labute approximate surface area is 123 Å². The number of carbonyl (C=O) groups excluding carboxylic acids is 2. The third kappa shape index (κ3) is 4.02. The van der Waals surface area contributed by atoms with Crippen LogP contribution in [0.25, 0.3) is 0 Å². The maximum Gasteiger partial charge on any atom is 0.328 e. The van der Waals surface area contributed by atoms with Crippen LogP contribution in [0.3, 0.4) is 0 Å². The van der Waals surface area contributed by atoms with Gasteiger partial charge in [0.25, 0.3) is 5.91 Å². The number of nitrogens with one attached hydrogen (secondary N) is 1. The highest BCUT2D eigenvalue weighted by molar-refractivity contribution is 7.89. The van der Waals surface area contributed by atoms with Crippen LogP contribution >= 0.6 is 0 Å². The largest absolute Gasteiger partial charge is 0.467 e. The molecular weight excluding hydrogens is 296 g/mol. The Morgan fingerprint density at radius 2 is 1.71 bits per heavy atom. The van der Waals surface area contributed by atoms with E-state index >= 15 is 0 Å². The molecule has 0 saturated heterocycles. The highest BCUT2D eigenvalue weighted by Gasteiger charge is 2.19. The molecule has 0 bridgehead atoms. The number of amides is 1. The standard InChI is InChI=1S/C13H18N2O5S/c1-9(13(17)20-4)14-12(16)10-5-7-11(8-6-10)21(18,19)15(2)3/h5-9H,1-4H3,(H,14,16)/t9-/m0/s1. The number of ether oxygens (including phenoxy) is 1. The molecule has 0 aromatic heterocycles. The van der Waals surface area contributed by atoms with Crippen LogP contribution in [0.1, 0.15) is 17.3 Å². The van der Waals surface area contributed by atoms with Crippen LogP contribution in [0.4, 0.5) is 0 Å². The SMILES string of the molecule is COC(=O)[C@H](C)NC(=O)c1ccc(S(=O)(=O)N(C)C)cc1. The summed E-state index contributed by atoms with van der Waals surface area (Å²) in [6.07, 6.45) is 0. The first-order valence-corrected chi connectivity index (χ1v) is 7.55. The van der Waals surface area contributed by atoms with Crippen molar-refractivity contribution < 1.29 is 22.7 Å². The summed E-state index contributed by atoms with van der Waals surface area (Å²) in [6, 6.07) is 4.67.